The van der Waals surface area contributed by atoms with Gasteiger partial charge in [-0.2, -0.15) is 0 Å². The van der Waals surface area contributed by atoms with E-state index in [4.69, 9.17) is 0 Å². The van der Waals surface area contributed by atoms with Crippen LogP contribution in [-0.2, 0) is 4.79 Å². The van der Waals surface area contributed by atoms with Gasteiger partial charge in [0.1, 0.15) is 6.29 Å². The summed E-state index contributed by atoms with van der Waals surface area (Å²) in [6.07, 6.45) is 22.2. The maximum Gasteiger partial charge on any atom is 0.126 e. The molecule has 22 heavy (non-hydrogen) atoms. The fraction of sp³-hybridized carbons (Fsp3) is 0.952. The molecule has 0 rings (SSSR count). The third kappa shape index (κ3) is 11.3. The number of hydrogen-bond donors (Lipinski definition) is 0. The van der Waals surface area contributed by atoms with Crippen LogP contribution in [0.4, 0.5) is 0 Å². The van der Waals surface area contributed by atoms with E-state index in [9.17, 15) is 4.79 Å². The lowest BCUT2D eigenvalue weighted by Crippen LogP contribution is -2.21. The van der Waals surface area contributed by atoms with Crippen LogP contribution in [-0.4, -0.2) is 6.29 Å². The molecule has 1 unspecified atom stereocenters. The fourth-order valence-corrected chi connectivity index (χ4v) is 3.50. The standard InChI is InChI=1S/C21H42O/c1-4-7-8-9-10-11-12-13-14-15-16-17-19-21(6-3,20-22)18-5-2/h20H,4-19H2,1-3H3. The molecule has 1 atom stereocenters. The molecular formula is C21H42O. The molecule has 0 aliphatic heterocycles. The van der Waals surface area contributed by atoms with Gasteiger partial charge in [0.2, 0.25) is 0 Å². The molecule has 0 amide bonds. The Morgan fingerprint density at radius 1 is 0.591 bits per heavy atom. The van der Waals surface area contributed by atoms with Crippen molar-refractivity contribution in [2.45, 2.75) is 124 Å². The maximum absolute atomic E-state index is 11.4. The Morgan fingerprint density at radius 2 is 1.05 bits per heavy atom. The summed E-state index contributed by atoms with van der Waals surface area (Å²) in [5.41, 5.74) is -0.00671. The summed E-state index contributed by atoms with van der Waals surface area (Å²) in [6.45, 7) is 6.64. The van der Waals surface area contributed by atoms with Gasteiger partial charge in [-0.3, -0.25) is 0 Å². The van der Waals surface area contributed by atoms with E-state index in [1.807, 2.05) is 0 Å². The van der Waals surface area contributed by atoms with Gasteiger partial charge < -0.3 is 4.79 Å². The highest BCUT2D eigenvalue weighted by molar-refractivity contribution is 5.59. The third-order valence-corrected chi connectivity index (χ3v) is 5.23. The van der Waals surface area contributed by atoms with E-state index in [0.717, 1.165) is 25.7 Å². The molecule has 0 aliphatic rings. The molecular weight excluding hydrogens is 268 g/mol. The van der Waals surface area contributed by atoms with Gasteiger partial charge in [0.05, 0.1) is 0 Å². The average Bonchev–Trinajstić information content (AvgIpc) is 2.55. The van der Waals surface area contributed by atoms with E-state index in [0.29, 0.717) is 0 Å². The summed E-state index contributed by atoms with van der Waals surface area (Å²) in [5.74, 6) is 0. The molecule has 0 aliphatic carbocycles. The summed E-state index contributed by atoms with van der Waals surface area (Å²) in [4.78, 5) is 11.4. The van der Waals surface area contributed by atoms with Crippen molar-refractivity contribution in [1.82, 2.24) is 0 Å². The van der Waals surface area contributed by atoms with E-state index in [2.05, 4.69) is 20.8 Å². The summed E-state index contributed by atoms with van der Waals surface area (Å²) in [7, 11) is 0. The van der Waals surface area contributed by atoms with Crippen LogP contribution in [0.15, 0.2) is 0 Å². The van der Waals surface area contributed by atoms with Crippen LogP contribution >= 0.6 is 0 Å². The van der Waals surface area contributed by atoms with Gasteiger partial charge in [-0.25, -0.2) is 0 Å². The number of unbranched alkanes of at least 4 members (excludes halogenated alkanes) is 11. The Labute approximate surface area is 140 Å². The van der Waals surface area contributed by atoms with E-state index >= 15 is 0 Å². The first-order valence-electron chi connectivity index (χ1n) is 10.2. The van der Waals surface area contributed by atoms with Crippen molar-refractivity contribution >= 4 is 6.29 Å². The molecule has 0 aromatic heterocycles. The molecule has 0 bridgehead atoms. The first-order chi connectivity index (χ1) is 10.7. The Hall–Kier alpha value is -0.330. The van der Waals surface area contributed by atoms with Crippen molar-refractivity contribution in [3.8, 4) is 0 Å². The second-order valence-corrected chi connectivity index (χ2v) is 7.22. The molecule has 0 aromatic carbocycles. The molecule has 0 N–H and O–H groups in total. The highest BCUT2D eigenvalue weighted by atomic mass is 16.1. The van der Waals surface area contributed by atoms with Crippen molar-refractivity contribution < 1.29 is 4.79 Å². The molecule has 132 valence electrons. The average molecular weight is 311 g/mol. The number of carbonyl (C=O) groups excluding carboxylic acids is 1. The molecule has 1 nitrogen and oxygen atoms in total. The van der Waals surface area contributed by atoms with Gasteiger partial charge in [0.15, 0.2) is 0 Å². The SMILES string of the molecule is CCCCCCCCCCCCCCC(C=O)(CC)CCC. The first-order valence-corrected chi connectivity index (χ1v) is 10.2. The maximum atomic E-state index is 11.4. The van der Waals surface area contributed by atoms with Crippen molar-refractivity contribution in [3.63, 3.8) is 0 Å². The minimum atomic E-state index is -0.00671. The van der Waals surface area contributed by atoms with Crippen LogP contribution in [0.1, 0.15) is 124 Å². The highest BCUT2D eigenvalue weighted by Gasteiger charge is 2.25. The molecule has 0 aromatic rings. The predicted molar refractivity (Wildman–Crippen MR) is 99.4 cm³/mol. The van der Waals surface area contributed by atoms with E-state index in [1.54, 1.807) is 0 Å². The Bertz CT molecular complexity index is 236. The van der Waals surface area contributed by atoms with E-state index < -0.39 is 0 Å². The van der Waals surface area contributed by atoms with Gasteiger partial charge >= 0.3 is 0 Å². The predicted octanol–water partition coefficient (Wildman–Crippen LogP) is 7.47. The molecule has 0 fully saturated rings. The quantitative estimate of drug-likeness (QED) is 0.201. The lowest BCUT2D eigenvalue weighted by atomic mass is 9.78. The monoisotopic (exact) mass is 310 g/mol. The second-order valence-electron chi connectivity index (χ2n) is 7.22. The molecule has 0 radical (unpaired) electrons. The normalized spacial score (nSPS) is 14.0. The molecule has 1 heteroatoms. The zero-order valence-electron chi connectivity index (χ0n) is 15.8. The van der Waals surface area contributed by atoms with Crippen molar-refractivity contribution in [2.24, 2.45) is 5.41 Å². The first kappa shape index (κ1) is 21.7. The van der Waals surface area contributed by atoms with Crippen molar-refractivity contribution in [3.05, 3.63) is 0 Å². The summed E-state index contributed by atoms with van der Waals surface area (Å²) < 4.78 is 0. The molecule has 0 saturated heterocycles. The van der Waals surface area contributed by atoms with Crippen molar-refractivity contribution in [1.29, 1.82) is 0 Å². The Balaban J connectivity index is 3.40. The Morgan fingerprint density at radius 3 is 1.41 bits per heavy atom. The van der Waals surface area contributed by atoms with Crippen LogP contribution < -0.4 is 0 Å². The topological polar surface area (TPSA) is 17.1 Å². The van der Waals surface area contributed by atoms with Gasteiger partial charge in [0.25, 0.3) is 0 Å². The number of carbonyl (C=O) groups is 1. The van der Waals surface area contributed by atoms with E-state index in [1.165, 1.54) is 83.3 Å². The van der Waals surface area contributed by atoms with E-state index in [-0.39, 0.29) is 5.41 Å². The second kappa shape index (κ2) is 15.6. The van der Waals surface area contributed by atoms with Gasteiger partial charge in [-0.1, -0.05) is 104 Å². The number of aldehydes is 1. The van der Waals surface area contributed by atoms with Crippen LogP contribution in [0.5, 0.6) is 0 Å². The summed E-state index contributed by atoms with van der Waals surface area (Å²) >= 11 is 0. The fourth-order valence-electron chi connectivity index (χ4n) is 3.50. The summed E-state index contributed by atoms with van der Waals surface area (Å²) in [6, 6.07) is 0. The third-order valence-electron chi connectivity index (χ3n) is 5.23. The molecule has 0 heterocycles. The van der Waals surface area contributed by atoms with Crippen LogP contribution in [0.25, 0.3) is 0 Å². The van der Waals surface area contributed by atoms with Gasteiger partial charge in [-0.05, 0) is 19.3 Å². The van der Waals surface area contributed by atoms with Gasteiger partial charge in [-0.15, -0.1) is 0 Å². The zero-order valence-corrected chi connectivity index (χ0v) is 15.8. The van der Waals surface area contributed by atoms with Gasteiger partial charge in [0, 0.05) is 5.41 Å². The molecule has 0 saturated carbocycles. The van der Waals surface area contributed by atoms with Crippen LogP contribution in [0.2, 0.25) is 0 Å². The largest absolute Gasteiger partial charge is 0.303 e. The molecule has 0 spiro atoms. The van der Waals surface area contributed by atoms with Crippen LogP contribution in [0, 0.1) is 5.41 Å². The number of hydrogen-bond acceptors (Lipinski definition) is 1. The van der Waals surface area contributed by atoms with Crippen molar-refractivity contribution in [2.75, 3.05) is 0 Å². The number of rotatable bonds is 17. The highest BCUT2D eigenvalue weighted by Crippen LogP contribution is 2.32. The lowest BCUT2D eigenvalue weighted by Gasteiger charge is -2.26. The van der Waals surface area contributed by atoms with Crippen LogP contribution in [0.3, 0.4) is 0 Å². The lowest BCUT2D eigenvalue weighted by molar-refractivity contribution is -0.117. The minimum Gasteiger partial charge on any atom is -0.303 e. The minimum absolute atomic E-state index is 0.00671. The smallest absolute Gasteiger partial charge is 0.126 e. The Kier molecular flexibility index (Phi) is 15.3. The zero-order chi connectivity index (χ0) is 16.5. The summed E-state index contributed by atoms with van der Waals surface area (Å²) in [5, 5.41) is 0.